The lowest BCUT2D eigenvalue weighted by Crippen LogP contribution is -2.40. The van der Waals surface area contributed by atoms with E-state index >= 15 is 0 Å². The van der Waals surface area contributed by atoms with Crippen molar-refractivity contribution >= 4 is 33.7 Å². The molecule has 1 aliphatic rings. The van der Waals surface area contributed by atoms with E-state index in [0.29, 0.717) is 28.8 Å². The molecular formula is C19H26ClN3O2S2. The molecule has 0 saturated carbocycles. The smallest absolute Gasteiger partial charge is 0.185 e. The number of rotatable bonds is 6. The molecular weight excluding hydrogens is 402 g/mol. The van der Waals surface area contributed by atoms with Gasteiger partial charge in [-0.15, -0.1) is 0 Å². The van der Waals surface area contributed by atoms with E-state index in [9.17, 15) is 8.42 Å². The van der Waals surface area contributed by atoms with Gasteiger partial charge in [-0.2, -0.15) is 0 Å². The molecule has 148 valence electrons. The zero-order valence-corrected chi connectivity index (χ0v) is 18.3. The van der Waals surface area contributed by atoms with Crippen LogP contribution in [0.25, 0.3) is 5.69 Å². The summed E-state index contributed by atoms with van der Waals surface area (Å²) < 4.78 is 28.5. The van der Waals surface area contributed by atoms with Crippen LogP contribution in [0.4, 0.5) is 0 Å². The van der Waals surface area contributed by atoms with Crippen molar-refractivity contribution in [2.45, 2.75) is 39.9 Å². The summed E-state index contributed by atoms with van der Waals surface area (Å²) in [5.41, 5.74) is 1.94. The minimum absolute atomic E-state index is 0.0514. The Balaban J connectivity index is 1.88. The molecule has 0 N–H and O–H groups in total. The molecule has 2 aromatic rings. The topological polar surface area (TPSA) is 47.2 Å². The summed E-state index contributed by atoms with van der Waals surface area (Å²) in [5, 5.41) is 0.708. The van der Waals surface area contributed by atoms with Crippen LogP contribution in [0, 0.1) is 17.6 Å². The van der Waals surface area contributed by atoms with Gasteiger partial charge in [0, 0.05) is 30.0 Å². The summed E-state index contributed by atoms with van der Waals surface area (Å²) in [4.78, 5) is 2.25. The Kier molecular flexibility index (Phi) is 6.15. The highest BCUT2D eigenvalue weighted by atomic mass is 35.5. The number of sulfone groups is 1. The zero-order chi connectivity index (χ0) is 19.8. The van der Waals surface area contributed by atoms with Crippen LogP contribution in [-0.2, 0) is 16.5 Å². The summed E-state index contributed by atoms with van der Waals surface area (Å²) in [7, 11) is -2.92. The molecule has 0 aliphatic carbocycles. The fourth-order valence-corrected chi connectivity index (χ4v) is 5.82. The monoisotopic (exact) mass is 427 g/mol. The number of nitrogens with zero attached hydrogens (tertiary/aromatic N) is 3. The fourth-order valence-electron chi connectivity index (χ4n) is 3.61. The molecule has 0 bridgehead atoms. The summed E-state index contributed by atoms with van der Waals surface area (Å²) >= 11 is 12.0. The SMILES string of the molecule is Cc1c(Cl)cccc1-n1ccn(CN(CC(C)C)C2CCS(=O)(=O)C2)c1=S. The predicted octanol–water partition coefficient (Wildman–Crippen LogP) is 4.07. The third kappa shape index (κ3) is 4.65. The van der Waals surface area contributed by atoms with Crippen LogP contribution in [0.3, 0.4) is 0 Å². The summed E-state index contributed by atoms with van der Waals surface area (Å²) in [6.45, 7) is 7.70. The minimum atomic E-state index is -2.92. The van der Waals surface area contributed by atoms with Crippen LogP contribution in [-0.4, -0.2) is 46.5 Å². The van der Waals surface area contributed by atoms with E-state index in [1.54, 1.807) is 0 Å². The van der Waals surface area contributed by atoms with Crippen molar-refractivity contribution in [3.05, 3.63) is 45.9 Å². The highest BCUT2D eigenvalue weighted by Crippen LogP contribution is 2.24. The summed E-state index contributed by atoms with van der Waals surface area (Å²) in [5.74, 6) is 0.960. The maximum absolute atomic E-state index is 11.9. The first-order valence-corrected chi connectivity index (χ1v) is 11.8. The summed E-state index contributed by atoms with van der Waals surface area (Å²) in [6, 6.07) is 5.83. The first-order valence-electron chi connectivity index (χ1n) is 9.15. The molecule has 1 saturated heterocycles. The van der Waals surface area contributed by atoms with E-state index in [-0.39, 0.29) is 17.5 Å². The third-order valence-electron chi connectivity index (χ3n) is 5.00. The van der Waals surface area contributed by atoms with Crippen LogP contribution in [0.5, 0.6) is 0 Å². The Labute approximate surface area is 171 Å². The molecule has 5 nitrogen and oxygen atoms in total. The van der Waals surface area contributed by atoms with Crippen molar-refractivity contribution < 1.29 is 8.42 Å². The molecule has 1 fully saturated rings. The van der Waals surface area contributed by atoms with Crippen molar-refractivity contribution in [2.75, 3.05) is 18.1 Å². The van der Waals surface area contributed by atoms with Crippen LogP contribution >= 0.6 is 23.8 Å². The van der Waals surface area contributed by atoms with Crippen LogP contribution in [0.1, 0.15) is 25.8 Å². The number of hydrogen-bond acceptors (Lipinski definition) is 4. The molecule has 1 atom stereocenters. The Morgan fingerprint density at radius 3 is 2.70 bits per heavy atom. The van der Waals surface area contributed by atoms with Gasteiger partial charge in [-0.1, -0.05) is 31.5 Å². The van der Waals surface area contributed by atoms with Gasteiger partial charge in [-0.05, 0) is 49.2 Å². The van der Waals surface area contributed by atoms with Gasteiger partial charge >= 0.3 is 0 Å². The largest absolute Gasteiger partial charge is 0.310 e. The number of benzene rings is 1. The van der Waals surface area contributed by atoms with E-state index in [2.05, 4.69) is 18.7 Å². The minimum Gasteiger partial charge on any atom is -0.310 e. The van der Waals surface area contributed by atoms with Gasteiger partial charge in [-0.25, -0.2) is 8.42 Å². The maximum atomic E-state index is 11.9. The molecule has 1 aromatic carbocycles. The van der Waals surface area contributed by atoms with Crippen molar-refractivity contribution in [2.24, 2.45) is 5.92 Å². The van der Waals surface area contributed by atoms with Crippen molar-refractivity contribution in [1.29, 1.82) is 0 Å². The van der Waals surface area contributed by atoms with E-state index in [1.807, 2.05) is 46.7 Å². The first-order chi connectivity index (χ1) is 12.7. The van der Waals surface area contributed by atoms with E-state index < -0.39 is 9.84 Å². The normalized spacial score (nSPS) is 19.3. The highest BCUT2D eigenvalue weighted by Gasteiger charge is 2.32. The molecule has 1 aromatic heterocycles. The second-order valence-corrected chi connectivity index (χ2v) is 10.7. The number of halogens is 1. The lowest BCUT2D eigenvalue weighted by molar-refractivity contribution is 0.145. The van der Waals surface area contributed by atoms with Gasteiger partial charge < -0.3 is 4.57 Å². The summed E-state index contributed by atoms with van der Waals surface area (Å²) in [6.07, 6.45) is 4.59. The van der Waals surface area contributed by atoms with E-state index in [0.717, 1.165) is 17.8 Å². The van der Waals surface area contributed by atoms with Gasteiger partial charge in [0.05, 0.1) is 23.9 Å². The lowest BCUT2D eigenvalue weighted by Gasteiger charge is -2.29. The number of hydrogen-bond donors (Lipinski definition) is 0. The van der Waals surface area contributed by atoms with Crippen LogP contribution in [0.2, 0.25) is 5.02 Å². The molecule has 2 heterocycles. The molecule has 1 aliphatic heterocycles. The first kappa shape index (κ1) is 20.6. The second kappa shape index (κ2) is 8.07. The van der Waals surface area contributed by atoms with E-state index in [1.165, 1.54) is 0 Å². The van der Waals surface area contributed by atoms with Gasteiger partial charge in [0.1, 0.15) is 0 Å². The van der Waals surface area contributed by atoms with Gasteiger partial charge in [0.25, 0.3) is 0 Å². The van der Waals surface area contributed by atoms with Crippen molar-refractivity contribution in [3.8, 4) is 5.69 Å². The molecule has 0 spiro atoms. The molecule has 0 amide bonds. The van der Waals surface area contributed by atoms with E-state index in [4.69, 9.17) is 23.8 Å². The standard InChI is InChI=1S/C19H26ClN3O2S2/c1-14(2)11-22(16-7-10-27(24,25)12-16)13-21-8-9-23(19(21)26)18-6-4-5-17(20)15(18)3/h4-6,8-9,14,16H,7,10-13H2,1-3H3. The Bertz CT molecular complexity index is 979. The molecule has 27 heavy (non-hydrogen) atoms. The van der Waals surface area contributed by atoms with Crippen molar-refractivity contribution in [3.63, 3.8) is 0 Å². The van der Waals surface area contributed by atoms with Gasteiger partial charge in [0.15, 0.2) is 14.6 Å². The predicted molar refractivity (Wildman–Crippen MR) is 113 cm³/mol. The maximum Gasteiger partial charge on any atom is 0.185 e. The quantitative estimate of drug-likeness (QED) is 0.652. The average Bonchev–Trinajstić information content (AvgIpc) is 3.12. The van der Waals surface area contributed by atoms with Crippen LogP contribution < -0.4 is 0 Å². The number of aromatic nitrogens is 2. The average molecular weight is 428 g/mol. The van der Waals surface area contributed by atoms with Gasteiger partial charge in [0.2, 0.25) is 0 Å². The molecule has 0 radical (unpaired) electrons. The number of imidazole rings is 1. The molecule has 3 rings (SSSR count). The Morgan fingerprint density at radius 2 is 2.07 bits per heavy atom. The fraction of sp³-hybridized carbons (Fsp3) is 0.526. The van der Waals surface area contributed by atoms with Gasteiger partial charge in [-0.3, -0.25) is 9.47 Å². The Morgan fingerprint density at radius 1 is 1.33 bits per heavy atom. The second-order valence-electron chi connectivity index (χ2n) is 7.67. The molecule has 1 unspecified atom stereocenters. The highest BCUT2D eigenvalue weighted by molar-refractivity contribution is 7.91. The molecule has 8 heteroatoms. The zero-order valence-electron chi connectivity index (χ0n) is 15.9. The van der Waals surface area contributed by atoms with Crippen molar-refractivity contribution in [1.82, 2.24) is 14.0 Å². The third-order valence-corrected chi connectivity index (χ3v) is 7.60. The van der Waals surface area contributed by atoms with Crippen LogP contribution in [0.15, 0.2) is 30.6 Å². The Hall–Kier alpha value is -1.15. The lowest BCUT2D eigenvalue weighted by atomic mass is 10.1.